The van der Waals surface area contributed by atoms with E-state index < -0.39 is 22.1 Å². The van der Waals surface area contributed by atoms with Gasteiger partial charge in [0, 0.05) is 0 Å². The molecule has 0 radical (unpaired) electrons. The van der Waals surface area contributed by atoms with Gasteiger partial charge in [-0.05, 0) is 17.7 Å². The summed E-state index contributed by atoms with van der Waals surface area (Å²) in [4.78, 5) is 11.2. The van der Waals surface area contributed by atoms with Crippen LogP contribution >= 0.6 is 0 Å². The third kappa shape index (κ3) is 3.14. The number of rotatable bonds is 4. The van der Waals surface area contributed by atoms with E-state index in [1.165, 1.54) is 0 Å². The molecule has 0 saturated heterocycles. The fourth-order valence-corrected chi connectivity index (χ4v) is 4.04. The fourth-order valence-electron chi connectivity index (χ4n) is 2.46. The van der Waals surface area contributed by atoms with Crippen LogP contribution in [0.3, 0.4) is 0 Å². The van der Waals surface area contributed by atoms with E-state index in [-0.39, 0.29) is 18.0 Å². The second-order valence-electron chi connectivity index (χ2n) is 5.19. The number of carboxylic acid groups (broad SMARTS) is 1. The first-order valence-electron chi connectivity index (χ1n) is 7.00. The summed E-state index contributed by atoms with van der Waals surface area (Å²) in [7, 11) is -3.73. The van der Waals surface area contributed by atoms with Gasteiger partial charge in [-0.2, -0.15) is 0 Å². The van der Waals surface area contributed by atoms with Crippen molar-refractivity contribution in [1.29, 1.82) is 0 Å². The standard InChI is InChI=1S/C16H15NO5S/c18-16(19)15-10-17(13-8-4-5-9-14(13)22-15)23(20,21)11-12-6-2-1-3-7-12/h1-9,15H,10-11H2,(H,18,19). The van der Waals surface area contributed by atoms with E-state index in [1.54, 1.807) is 54.6 Å². The summed E-state index contributed by atoms with van der Waals surface area (Å²) in [5.41, 5.74) is 1.00. The molecule has 1 aliphatic heterocycles. The highest BCUT2D eigenvalue weighted by molar-refractivity contribution is 7.92. The van der Waals surface area contributed by atoms with Crippen LogP contribution in [-0.2, 0) is 20.6 Å². The van der Waals surface area contributed by atoms with Crippen molar-refractivity contribution in [3.05, 3.63) is 60.2 Å². The molecule has 7 heteroatoms. The highest BCUT2D eigenvalue weighted by Crippen LogP contribution is 2.35. The van der Waals surface area contributed by atoms with Crippen LogP contribution in [0.25, 0.3) is 0 Å². The van der Waals surface area contributed by atoms with Crippen molar-refractivity contribution >= 4 is 21.7 Å². The average molecular weight is 333 g/mol. The second-order valence-corrected chi connectivity index (χ2v) is 7.08. The van der Waals surface area contributed by atoms with Crippen molar-refractivity contribution < 1.29 is 23.1 Å². The maximum atomic E-state index is 12.8. The number of hydrogen-bond donors (Lipinski definition) is 1. The molecule has 3 rings (SSSR count). The van der Waals surface area contributed by atoms with Crippen molar-refractivity contribution in [2.45, 2.75) is 11.9 Å². The number of para-hydroxylation sites is 2. The van der Waals surface area contributed by atoms with Gasteiger partial charge in [0.05, 0.1) is 18.0 Å². The highest BCUT2D eigenvalue weighted by Gasteiger charge is 2.36. The Balaban J connectivity index is 1.98. The predicted octanol–water partition coefficient (Wildman–Crippen LogP) is 1.87. The Bertz CT molecular complexity index is 819. The lowest BCUT2D eigenvalue weighted by atomic mass is 10.2. The number of hydrogen-bond acceptors (Lipinski definition) is 4. The molecular formula is C16H15NO5S. The van der Waals surface area contributed by atoms with Crippen LogP contribution in [0.1, 0.15) is 5.56 Å². The molecule has 6 nitrogen and oxygen atoms in total. The van der Waals surface area contributed by atoms with Crippen LogP contribution in [0.5, 0.6) is 5.75 Å². The first kappa shape index (κ1) is 15.4. The van der Waals surface area contributed by atoms with Gasteiger partial charge in [0.1, 0.15) is 5.75 Å². The zero-order valence-corrected chi connectivity index (χ0v) is 12.9. The number of sulfonamides is 1. The van der Waals surface area contributed by atoms with Gasteiger partial charge in [0.15, 0.2) is 0 Å². The Morgan fingerprint density at radius 3 is 2.48 bits per heavy atom. The van der Waals surface area contributed by atoms with E-state index in [2.05, 4.69) is 0 Å². The number of nitrogens with zero attached hydrogens (tertiary/aromatic N) is 1. The number of carbonyl (C=O) groups is 1. The molecule has 1 heterocycles. The lowest BCUT2D eigenvalue weighted by Gasteiger charge is -2.33. The van der Waals surface area contributed by atoms with Gasteiger partial charge in [0.25, 0.3) is 0 Å². The number of anilines is 1. The van der Waals surface area contributed by atoms with Crippen molar-refractivity contribution in [3.8, 4) is 5.75 Å². The SMILES string of the molecule is O=C(O)C1CN(S(=O)(=O)Cc2ccccc2)c2ccccc2O1. The molecule has 1 unspecified atom stereocenters. The summed E-state index contributed by atoms with van der Waals surface area (Å²) in [6, 6.07) is 15.3. The first-order valence-corrected chi connectivity index (χ1v) is 8.61. The van der Waals surface area contributed by atoms with Gasteiger partial charge in [-0.3, -0.25) is 4.31 Å². The van der Waals surface area contributed by atoms with E-state index in [0.717, 1.165) is 4.31 Å². The predicted molar refractivity (Wildman–Crippen MR) is 84.9 cm³/mol. The van der Waals surface area contributed by atoms with Gasteiger partial charge in [-0.25, -0.2) is 13.2 Å². The van der Waals surface area contributed by atoms with E-state index in [9.17, 15) is 18.3 Å². The minimum Gasteiger partial charge on any atom is -0.478 e. The molecule has 0 bridgehead atoms. The molecule has 1 atom stereocenters. The van der Waals surface area contributed by atoms with E-state index >= 15 is 0 Å². The van der Waals surface area contributed by atoms with Gasteiger partial charge in [0.2, 0.25) is 16.1 Å². The van der Waals surface area contributed by atoms with Crippen LogP contribution in [0.15, 0.2) is 54.6 Å². The number of ether oxygens (including phenoxy) is 1. The van der Waals surface area contributed by atoms with Crippen molar-refractivity contribution in [3.63, 3.8) is 0 Å². The van der Waals surface area contributed by atoms with Gasteiger partial charge in [-0.1, -0.05) is 42.5 Å². The molecule has 1 aliphatic rings. The lowest BCUT2D eigenvalue weighted by Crippen LogP contribution is -2.47. The average Bonchev–Trinajstić information content (AvgIpc) is 2.54. The monoisotopic (exact) mass is 333 g/mol. The number of aliphatic carboxylic acids is 1. The zero-order valence-electron chi connectivity index (χ0n) is 12.1. The Morgan fingerprint density at radius 1 is 1.13 bits per heavy atom. The molecule has 2 aromatic rings. The van der Waals surface area contributed by atoms with Crippen LogP contribution in [0.4, 0.5) is 5.69 Å². The summed E-state index contributed by atoms with van der Waals surface area (Å²) in [5.74, 6) is -1.14. The number of carboxylic acids is 1. The molecular weight excluding hydrogens is 318 g/mol. The second kappa shape index (κ2) is 5.92. The molecule has 0 aromatic heterocycles. The summed E-state index contributed by atoms with van der Waals surface area (Å²) in [5, 5.41) is 9.19. The van der Waals surface area contributed by atoms with Crippen molar-refractivity contribution in [2.24, 2.45) is 0 Å². The molecule has 2 aromatic carbocycles. The third-order valence-corrected chi connectivity index (χ3v) is 5.25. The summed E-state index contributed by atoms with van der Waals surface area (Å²) >= 11 is 0. The minimum atomic E-state index is -3.73. The first-order chi connectivity index (χ1) is 11.0. The largest absolute Gasteiger partial charge is 0.478 e. The number of fused-ring (bicyclic) bond motifs is 1. The smallest absolute Gasteiger partial charge is 0.346 e. The van der Waals surface area contributed by atoms with Crippen LogP contribution in [-0.4, -0.2) is 32.1 Å². The minimum absolute atomic E-state index is 0.200. The maximum Gasteiger partial charge on any atom is 0.346 e. The van der Waals surface area contributed by atoms with Gasteiger partial charge < -0.3 is 9.84 Å². The summed E-state index contributed by atoms with van der Waals surface area (Å²) in [6.45, 7) is -0.248. The number of benzene rings is 2. The third-order valence-electron chi connectivity index (χ3n) is 3.54. The normalized spacial score (nSPS) is 17.2. The fraction of sp³-hybridized carbons (Fsp3) is 0.188. The van der Waals surface area contributed by atoms with E-state index in [1.807, 2.05) is 0 Å². The van der Waals surface area contributed by atoms with Crippen molar-refractivity contribution in [1.82, 2.24) is 0 Å². The van der Waals surface area contributed by atoms with Crippen LogP contribution in [0, 0.1) is 0 Å². The topological polar surface area (TPSA) is 83.9 Å². The highest BCUT2D eigenvalue weighted by atomic mass is 32.2. The molecule has 0 amide bonds. The molecule has 1 N–H and O–H groups in total. The molecule has 23 heavy (non-hydrogen) atoms. The zero-order chi connectivity index (χ0) is 16.4. The summed E-state index contributed by atoms with van der Waals surface area (Å²) < 4.78 is 32.0. The van der Waals surface area contributed by atoms with E-state index in [0.29, 0.717) is 11.3 Å². The Morgan fingerprint density at radius 2 is 1.78 bits per heavy atom. The van der Waals surface area contributed by atoms with Crippen LogP contribution in [0.2, 0.25) is 0 Å². The Labute approximate surface area is 134 Å². The molecule has 0 saturated carbocycles. The van der Waals surface area contributed by atoms with E-state index in [4.69, 9.17) is 4.74 Å². The van der Waals surface area contributed by atoms with Gasteiger partial charge >= 0.3 is 5.97 Å². The Kier molecular flexibility index (Phi) is 3.96. The molecule has 0 fully saturated rings. The lowest BCUT2D eigenvalue weighted by molar-refractivity contribution is -0.144. The molecule has 0 spiro atoms. The van der Waals surface area contributed by atoms with Crippen LogP contribution < -0.4 is 9.04 Å². The summed E-state index contributed by atoms with van der Waals surface area (Å²) in [6.07, 6.45) is -1.23. The van der Waals surface area contributed by atoms with Crippen molar-refractivity contribution in [2.75, 3.05) is 10.8 Å². The maximum absolute atomic E-state index is 12.8. The molecule has 120 valence electrons. The molecule has 0 aliphatic carbocycles. The Hall–Kier alpha value is -2.54. The quantitative estimate of drug-likeness (QED) is 0.923. The van der Waals surface area contributed by atoms with Gasteiger partial charge in [-0.15, -0.1) is 0 Å².